The number of aromatic nitrogens is 1. The minimum atomic E-state index is -0.186. The maximum absolute atomic E-state index is 8.58. The topological polar surface area (TPSA) is 56.9 Å². The number of nitriles is 1. The first-order valence-electron chi connectivity index (χ1n) is 2.30. The molecular formula is C6H3N2O. The molecule has 0 aliphatic carbocycles. The number of hydrogen-bond donors (Lipinski definition) is 1. The third-order valence-corrected chi connectivity index (χ3v) is 0.812. The molecule has 0 bridgehead atoms. The lowest BCUT2D eigenvalue weighted by Gasteiger charge is -1.85. The number of rotatable bonds is 0. The van der Waals surface area contributed by atoms with Gasteiger partial charge in [-0.25, -0.2) is 4.98 Å². The maximum atomic E-state index is 8.58. The molecule has 0 spiro atoms. The van der Waals surface area contributed by atoms with Gasteiger partial charge >= 0.3 is 0 Å². The van der Waals surface area contributed by atoms with Gasteiger partial charge in [-0.2, -0.15) is 5.26 Å². The van der Waals surface area contributed by atoms with Crippen LogP contribution in [0.4, 0.5) is 0 Å². The summed E-state index contributed by atoms with van der Waals surface area (Å²) in [5.41, 5.74) is 0.396. The van der Waals surface area contributed by atoms with Gasteiger partial charge in [0.1, 0.15) is 6.07 Å². The maximum Gasteiger partial charge on any atom is 0.219 e. The van der Waals surface area contributed by atoms with Crippen molar-refractivity contribution in [3.8, 4) is 11.9 Å². The van der Waals surface area contributed by atoms with Crippen molar-refractivity contribution in [1.29, 1.82) is 5.26 Å². The molecule has 3 heteroatoms. The minimum absolute atomic E-state index is 0.186. The van der Waals surface area contributed by atoms with Gasteiger partial charge in [-0.1, -0.05) is 0 Å². The fraction of sp³-hybridized carbons (Fsp3) is 0. The SMILES string of the molecule is N#Cc1c[c]c(O)nc1. The largest absolute Gasteiger partial charge is 0.493 e. The van der Waals surface area contributed by atoms with Gasteiger partial charge in [0.15, 0.2) is 0 Å². The van der Waals surface area contributed by atoms with Crippen LogP contribution in [-0.2, 0) is 0 Å². The first-order chi connectivity index (χ1) is 4.33. The second kappa shape index (κ2) is 2.14. The molecule has 1 heterocycles. The first kappa shape index (κ1) is 5.57. The summed E-state index contributed by atoms with van der Waals surface area (Å²) in [7, 11) is 0. The van der Waals surface area contributed by atoms with Crippen molar-refractivity contribution >= 4 is 0 Å². The predicted molar refractivity (Wildman–Crippen MR) is 29.5 cm³/mol. The standard InChI is InChI=1S/C6H3N2O/c7-3-5-1-2-6(9)8-4-5/h1,4H,(H,8,9). The number of nitrogens with zero attached hydrogens (tertiary/aromatic N) is 2. The molecule has 0 aliphatic heterocycles. The Labute approximate surface area is 52.2 Å². The lowest BCUT2D eigenvalue weighted by atomic mass is 10.3. The van der Waals surface area contributed by atoms with Crippen LogP contribution in [0.5, 0.6) is 5.88 Å². The van der Waals surface area contributed by atoms with Gasteiger partial charge in [0, 0.05) is 6.20 Å². The summed E-state index contributed by atoms with van der Waals surface area (Å²) < 4.78 is 0. The smallest absolute Gasteiger partial charge is 0.219 e. The van der Waals surface area contributed by atoms with Crippen LogP contribution in [0.3, 0.4) is 0 Å². The van der Waals surface area contributed by atoms with Gasteiger partial charge in [-0.3, -0.25) is 0 Å². The molecule has 0 saturated heterocycles. The van der Waals surface area contributed by atoms with Gasteiger partial charge in [-0.05, 0) is 6.07 Å². The molecule has 1 rings (SSSR count). The van der Waals surface area contributed by atoms with E-state index in [1.54, 1.807) is 0 Å². The molecule has 0 fully saturated rings. The van der Waals surface area contributed by atoms with Crippen LogP contribution in [0.15, 0.2) is 12.3 Å². The zero-order valence-corrected chi connectivity index (χ0v) is 4.50. The van der Waals surface area contributed by atoms with Crippen molar-refractivity contribution in [2.75, 3.05) is 0 Å². The third-order valence-electron chi connectivity index (χ3n) is 0.812. The summed E-state index contributed by atoms with van der Waals surface area (Å²) in [5, 5.41) is 16.8. The Morgan fingerprint density at radius 2 is 2.56 bits per heavy atom. The Balaban J connectivity index is 3.06. The molecule has 43 valence electrons. The van der Waals surface area contributed by atoms with E-state index in [-0.39, 0.29) is 5.88 Å². The van der Waals surface area contributed by atoms with Crippen molar-refractivity contribution in [2.45, 2.75) is 0 Å². The van der Waals surface area contributed by atoms with Gasteiger partial charge in [0.2, 0.25) is 5.88 Å². The quantitative estimate of drug-likeness (QED) is 0.539. The molecular weight excluding hydrogens is 116 g/mol. The fourth-order valence-electron chi connectivity index (χ4n) is 0.409. The van der Waals surface area contributed by atoms with E-state index in [4.69, 9.17) is 10.4 Å². The number of hydrogen-bond acceptors (Lipinski definition) is 3. The second-order valence-electron chi connectivity index (χ2n) is 1.44. The monoisotopic (exact) mass is 119 g/mol. The highest BCUT2D eigenvalue weighted by Crippen LogP contribution is 2.01. The summed E-state index contributed by atoms with van der Waals surface area (Å²) in [6.45, 7) is 0. The Morgan fingerprint density at radius 1 is 1.78 bits per heavy atom. The van der Waals surface area contributed by atoms with E-state index in [2.05, 4.69) is 11.1 Å². The van der Waals surface area contributed by atoms with Gasteiger partial charge in [0.05, 0.1) is 11.6 Å². The second-order valence-corrected chi connectivity index (χ2v) is 1.44. The van der Waals surface area contributed by atoms with Crippen molar-refractivity contribution in [1.82, 2.24) is 4.98 Å². The van der Waals surface area contributed by atoms with Crippen LogP contribution in [-0.4, -0.2) is 10.1 Å². The predicted octanol–water partition coefficient (Wildman–Crippen LogP) is 0.459. The minimum Gasteiger partial charge on any atom is -0.493 e. The van der Waals surface area contributed by atoms with Gasteiger partial charge < -0.3 is 5.11 Å². The van der Waals surface area contributed by atoms with Crippen LogP contribution in [0.2, 0.25) is 0 Å². The highest BCUT2D eigenvalue weighted by atomic mass is 16.3. The zero-order chi connectivity index (χ0) is 6.69. The Kier molecular flexibility index (Phi) is 1.32. The summed E-state index contributed by atoms with van der Waals surface area (Å²) >= 11 is 0. The van der Waals surface area contributed by atoms with E-state index in [0.29, 0.717) is 5.56 Å². The molecule has 1 N–H and O–H groups in total. The Hall–Kier alpha value is -1.56. The average Bonchev–Trinajstić information content (AvgIpc) is 1.90. The highest BCUT2D eigenvalue weighted by Gasteiger charge is 1.89. The summed E-state index contributed by atoms with van der Waals surface area (Å²) in [5.74, 6) is -0.186. The summed E-state index contributed by atoms with van der Waals surface area (Å²) in [4.78, 5) is 3.43. The molecule has 0 saturated carbocycles. The van der Waals surface area contributed by atoms with Crippen molar-refractivity contribution in [3.05, 3.63) is 23.9 Å². The van der Waals surface area contributed by atoms with E-state index in [9.17, 15) is 0 Å². The lowest BCUT2D eigenvalue weighted by molar-refractivity contribution is 0.452. The molecule has 1 aromatic heterocycles. The molecule has 9 heavy (non-hydrogen) atoms. The van der Waals surface area contributed by atoms with Gasteiger partial charge in [0.25, 0.3) is 0 Å². The molecule has 1 aromatic rings. The van der Waals surface area contributed by atoms with E-state index < -0.39 is 0 Å². The average molecular weight is 119 g/mol. The molecule has 0 unspecified atom stereocenters. The summed E-state index contributed by atoms with van der Waals surface area (Å²) in [6.07, 6.45) is 1.28. The van der Waals surface area contributed by atoms with E-state index in [1.165, 1.54) is 12.3 Å². The highest BCUT2D eigenvalue weighted by molar-refractivity contribution is 5.26. The zero-order valence-electron chi connectivity index (χ0n) is 4.50. The summed E-state index contributed by atoms with van der Waals surface area (Å²) in [6, 6.07) is 5.60. The van der Waals surface area contributed by atoms with E-state index >= 15 is 0 Å². The number of aromatic hydroxyl groups is 1. The normalized spacial score (nSPS) is 8.33. The van der Waals surface area contributed by atoms with E-state index in [0.717, 1.165) is 0 Å². The number of pyridine rings is 1. The van der Waals surface area contributed by atoms with Crippen LogP contribution in [0, 0.1) is 17.4 Å². The molecule has 0 aliphatic rings. The van der Waals surface area contributed by atoms with Crippen LogP contribution >= 0.6 is 0 Å². The molecule has 3 nitrogen and oxygen atoms in total. The van der Waals surface area contributed by atoms with Crippen LogP contribution in [0.1, 0.15) is 5.56 Å². The first-order valence-corrected chi connectivity index (χ1v) is 2.30. The lowest BCUT2D eigenvalue weighted by Crippen LogP contribution is -1.76. The van der Waals surface area contributed by atoms with Crippen molar-refractivity contribution < 1.29 is 5.11 Å². The van der Waals surface area contributed by atoms with E-state index in [1.807, 2.05) is 6.07 Å². The van der Waals surface area contributed by atoms with Crippen molar-refractivity contribution in [3.63, 3.8) is 0 Å². The molecule has 0 amide bonds. The van der Waals surface area contributed by atoms with Crippen molar-refractivity contribution in [2.24, 2.45) is 0 Å². The molecule has 0 aromatic carbocycles. The third kappa shape index (κ3) is 1.16. The fourth-order valence-corrected chi connectivity index (χ4v) is 0.409. The molecule has 1 radical (unpaired) electrons. The van der Waals surface area contributed by atoms with Crippen LogP contribution < -0.4 is 0 Å². The Bertz CT molecular complexity index is 234. The van der Waals surface area contributed by atoms with Crippen LogP contribution in [0.25, 0.3) is 0 Å². The van der Waals surface area contributed by atoms with Gasteiger partial charge in [-0.15, -0.1) is 0 Å². The Morgan fingerprint density at radius 3 is 3.00 bits per heavy atom. The molecule has 0 atom stereocenters.